The van der Waals surface area contributed by atoms with E-state index in [0.717, 1.165) is 36.2 Å². The first-order chi connectivity index (χ1) is 14.7. The molecule has 0 bridgehead atoms. The van der Waals surface area contributed by atoms with E-state index in [-0.39, 0.29) is 5.96 Å². The second kappa shape index (κ2) is 9.04. The predicted molar refractivity (Wildman–Crippen MR) is 120 cm³/mol. The first-order valence-corrected chi connectivity index (χ1v) is 10.2. The smallest absolute Gasteiger partial charge is 0.222 e. The van der Waals surface area contributed by atoms with E-state index in [2.05, 4.69) is 56.3 Å². The van der Waals surface area contributed by atoms with Gasteiger partial charge < -0.3 is 25.4 Å². The lowest BCUT2D eigenvalue weighted by Crippen LogP contribution is -2.57. The molecule has 2 aliphatic rings. The van der Waals surface area contributed by atoms with Gasteiger partial charge in [0, 0.05) is 18.8 Å². The predicted octanol–water partition coefficient (Wildman–Crippen LogP) is 2.61. The molecule has 2 aromatic carbocycles. The first kappa shape index (κ1) is 20.0. The molecule has 2 aliphatic heterocycles. The third kappa shape index (κ3) is 4.33. The van der Waals surface area contributed by atoms with Gasteiger partial charge in [0.2, 0.25) is 18.2 Å². The Labute approximate surface area is 177 Å². The summed E-state index contributed by atoms with van der Waals surface area (Å²) in [6, 6.07) is 16.1. The minimum absolute atomic E-state index is 0.242. The number of nitrogens with two attached hydrogens (primary N) is 1. The largest absolute Gasteiger partial charge is 0.492 e. The molecule has 8 heteroatoms. The average Bonchev–Trinajstić information content (AvgIpc) is 2.76. The van der Waals surface area contributed by atoms with E-state index in [9.17, 15) is 0 Å². The van der Waals surface area contributed by atoms with E-state index in [4.69, 9.17) is 15.2 Å². The third-order valence-corrected chi connectivity index (χ3v) is 5.01. The van der Waals surface area contributed by atoms with E-state index in [1.807, 2.05) is 31.2 Å². The molecular formula is C22H28N6O2. The van der Waals surface area contributed by atoms with Crippen LogP contribution in [0.5, 0.6) is 5.75 Å². The molecule has 0 radical (unpaired) electrons. The summed E-state index contributed by atoms with van der Waals surface area (Å²) in [5.74, 6) is 1.78. The van der Waals surface area contributed by atoms with Crippen molar-refractivity contribution >= 4 is 23.3 Å². The second-order valence-corrected chi connectivity index (χ2v) is 7.15. The Bertz CT molecular complexity index is 921. The van der Waals surface area contributed by atoms with Crippen LogP contribution in [0, 0.1) is 6.92 Å². The third-order valence-electron chi connectivity index (χ3n) is 5.01. The van der Waals surface area contributed by atoms with Gasteiger partial charge in [-0.2, -0.15) is 4.99 Å². The average molecular weight is 409 g/mol. The zero-order valence-corrected chi connectivity index (χ0v) is 17.4. The van der Waals surface area contributed by atoms with Gasteiger partial charge in [-0.3, -0.25) is 4.90 Å². The van der Waals surface area contributed by atoms with Crippen LogP contribution >= 0.6 is 0 Å². The monoisotopic (exact) mass is 408 g/mol. The number of morpholine rings is 1. The Hall–Kier alpha value is -3.26. The zero-order chi connectivity index (χ0) is 20.9. The highest BCUT2D eigenvalue weighted by molar-refractivity contribution is 6.06. The van der Waals surface area contributed by atoms with Crippen molar-refractivity contribution in [1.29, 1.82) is 0 Å². The maximum Gasteiger partial charge on any atom is 0.222 e. The topological polar surface area (TPSA) is 87.7 Å². The van der Waals surface area contributed by atoms with Gasteiger partial charge in [-0.1, -0.05) is 29.8 Å². The Morgan fingerprint density at radius 1 is 1.13 bits per heavy atom. The van der Waals surface area contributed by atoms with Crippen molar-refractivity contribution in [2.75, 3.05) is 43.1 Å². The number of hydrogen-bond acceptors (Lipinski definition) is 8. The maximum atomic E-state index is 6.14. The van der Waals surface area contributed by atoms with Crippen LogP contribution in [0.15, 0.2) is 58.5 Å². The standard InChI is InChI=1S/C22H28N6O2/c1-3-30-19-7-5-4-6-18(19)24-21-25-20(23)26-22(27-12-14-29-15-13-27)28(21)17-10-8-16(2)9-11-17/h4-11,21,24H,3,12-15H2,1-2H3,(H2,23,25). The van der Waals surface area contributed by atoms with Crippen molar-refractivity contribution < 1.29 is 9.47 Å². The van der Waals surface area contributed by atoms with E-state index in [0.29, 0.717) is 19.8 Å². The highest BCUT2D eigenvalue weighted by Crippen LogP contribution is 2.29. The lowest BCUT2D eigenvalue weighted by Gasteiger charge is -2.41. The molecule has 8 nitrogen and oxygen atoms in total. The summed E-state index contributed by atoms with van der Waals surface area (Å²) in [6.45, 7) is 7.42. The molecular weight excluding hydrogens is 380 g/mol. The summed E-state index contributed by atoms with van der Waals surface area (Å²) >= 11 is 0. The van der Waals surface area contributed by atoms with Crippen LogP contribution < -0.4 is 20.7 Å². The minimum Gasteiger partial charge on any atom is -0.492 e. The van der Waals surface area contributed by atoms with Crippen molar-refractivity contribution in [2.24, 2.45) is 15.7 Å². The summed E-state index contributed by atoms with van der Waals surface area (Å²) in [5, 5.41) is 3.49. The molecule has 3 N–H and O–H groups in total. The molecule has 0 saturated carbocycles. The number of rotatable bonds is 5. The summed E-state index contributed by atoms with van der Waals surface area (Å²) in [4.78, 5) is 13.5. The fourth-order valence-corrected chi connectivity index (χ4v) is 3.53. The van der Waals surface area contributed by atoms with Gasteiger partial charge in [0.15, 0.2) is 0 Å². The van der Waals surface area contributed by atoms with Gasteiger partial charge in [0.25, 0.3) is 0 Å². The molecule has 0 aliphatic carbocycles. The maximum absolute atomic E-state index is 6.14. The lowest BCUT2D eigenvalue weighted by molar-refractivity contribution is 0.0671. The van der Waals surface area contributed by atoms with Crippen LogP contribution in [0.25, 0.3) is 0 Å². The molecule has 4 rings (SSSR count). The number of ether oxygens (including phenoxy) is 2. The molecule has 1 fully saturated rings. The molecule has 158 valence electrons. The molecule has 30 heavy (non-hydrogen) atoms. The van der Waals surface area contributed by atoms with Crippen LogP contribution in [-0.2, 0) is 4.74 Å². The summed E-state index contributed by atoms with van der Waals surface area (Å²) in [7, 11) is 0. The Balaban J connectivity index is 1.72. The lowest BCUT2D eigenvalue weighted by atomic mass is 10.2. The van der Waals surface area contributed by atoms with Crippen molar-refractivity contribution in [3.05, 3.63) is 54.1 Å². The molecule has 0 spiro atoms. The molecule has 1 saturated heterocycles. The first-order valence-electron chi connectivity index (χ1n) is 10.2. The number of guanidine groups is 2. The zero-order valence-electron chi connectivity index (χ0n) is 17.4. The molecule has 2 aromatic rings. The van der Waals surface area contributed by atoms with Gasteiger partial charge in [-0.25, -0.2) is 4.99 Å². The molecule has 1 atom stereocenters. The number of benzene rings is 2. The van der Waals surface area contributed by atoms with Gasteiger partial charge in [-0.05, 0) is 38.1 Å². The number of hydrogen-bond donors (Lipinski definition) is 2. The van der Waals surface area contributed by atoms with Gasteiger partial charge in [0.1, 0.15) is 5.75 Å². The second-order valence-electron chi connectivity index (χ2n) is 7.15. The van der Waals surface area contributed by atoms with Crippen LogP contribution in [0.1, 0.15) is 12.5 Å². The van der Waals surface area contributed by atoms with Crippen LogP contribution in [0.2, 0.25) is 0 Å². The molecule has 0 amide bonds. The number of para-hydroxylation sites is 2. The fourth-order valence-electron chi connectivity index (χ4n) is 3.53. The summed E-state index contributed by atoms with van der Waals surface area (Å²) < 4.78 is 11.3. The Morgan fingerprint density at radius 2 is 1.87 bits per heavy atom. The Morgan fingerprint density at radius 3 is 2.60 bits per heavy atom. The molecule has 0 aromatic heterocycles. The number of nitrogens with one attached hydrogen (secondary N) is 1. The number of nitrogens with zero attached hydrogens (tertiary/aromatic N) is 4. The van der Waals surface area contributed by atoms with E-state index in [1.54, 1.807) is 0 Å². The quantitative estimate of drug-likeness (QED) is 0.791. The van der Waals surface area contributed by atoms with E-state index in [1.165, 1.54) is 5.56 Å². The van der Waals surface area contributed by atoms with Gasteiger partial charge >= 0.3 is 0 Å². The highest BCUT2D eigenvalue weighted by atomic mass is 16.5. The van der Waals surface area contributed by atoms with Gasteiger partial charge in [0.05, 0.1) is 25.5 Å². The highest BCUT2D eigenvalue weighted by Gasteiger charge is 2.32. The molecule has 1 unspecified atom stereocenters. The number of aliphatic imine (C=N–C) groups is 2. The van der Waals surface area contributed by atoms with Crippen LogP contribution in [-0.4, -0.2) is 56.0 Å². The van der Waals surface area contributed by atoms with Crippen LogP contribution in [0.4, 0.5) is 11.4 Å². The number of anilines is 2. The van der Waals surface area contributed by atoms with E-state index >= 15 is 0 Å². The van der Waals surface area contributed by atoms with Crippen molar-refractivity contribution in [1.82, 2.24) is 4.90 Å². The minimum atomic E-state index is -0.468. The summed E-state index contributed by atoms with van der Waals surface area (Å²) in [6.07, 6.45) is -0.468. The Kier molecular flexibility index (Phi) is 6.04. The van der Waals surface area contributed by atoms with Crippen molar-refractivity contribution in [2.45, 2.75) is 20.1 Å². The SMILES string of the molecule is CCOc1ccccc1NC1N=C(N)N=C(N2CCOCC2)N1c1ccc(C)cc1. The fraction of sp³-hybridized carbons (Fsp3) is 0.364. The summed E-state index contributed by atoms with van der Waals surface area (Å²) in [5.41, 5.74) is 9.16. The number of aryl methyl sites for hydroxylation is 1. The molecule has 2 heterocycles. The van der Waals surface area contributed by atoms with Crippen LogP contribution in [0.3, 0.4) is 0 Å². The van der Waals surface area contributed by atoms with Gasteiger partial charge in [-0.15, -0.1) is 0 Å². The van der Waals surface area contributed by atoms with Crippen molar-refractivity contribution in [3.8, 4) is 5.75 Å². The van der Waals surface area contributed by atoms with E-state index < -0.39 is 6.29 Å². The van der Waals surface area contributed by atoms with Crippen molar-refractivity contribution in [3.63, 3.8) is 0 Å². The normalized spacial score (nSPS) is 19.2.